The van der Waals surface area contributed by atoms with E-state index in [2.05, 4.69) is 5.32 Å². The van der Waals surface area contributed by atoms with Gasteiger partial charge in [-0.25, -0.2) is 4.79 Å². The summed E-state index contributed by atoms with van der Waals surface area (Å²) in [7, 11) is 0. The van der Waals surface area contributed by atoms with Crippen molar-refractivity contribution in [2.24, 2.45) is 11.8 Å². The average molecular weight is 344 g/mol. The zero-order chi connectivity index (χ0) is 18.2. The van der Waals surface area contributed by atoms with Gasteiger partial charge in [0.15, 0.2) is 0 Å². The van der Waals surface area contributed by atoms with Crippen LogP contribution in [0.1, 0.15) is 37.3 Å². The van der Waals surface area contributed by atoms with E-state index in [1.807, 2.05) is 31.2 Å². The van der Waals surface area contributed by atoms with E-state index < -0.39 is 17.4 Å². The molecule has 2 aliphatic rings. The molecule has 2 fully saturated rings. The molecule has 2 N–H and O–H groups in total. The Labute approximate surface area is 147 Å². The lowest BCUT2D eigenvalue weighted by Gasteiger charge is -2.27. The average Bonchev–Trinajstić information content (AvgIpc) is 3.35. The van der Waals surface area contributed by atoms with Gasteiger partial charge in [0.05, 0.1) is 5.92 Å². The fourth-order valence-electron chi connectivity index (χ4n) is 3.36. The Kier molecular flexibility index (Phi) is 4.54. The largest absolute Gasteiger partial charge is 0.480 e. The second kappa shape index (κ2) is 6.50. The molecule has 0 spiro atoms. The van der Waals surface area contributed by atoms with Crippen molar-refractivity contribution in [3.8, 4) is 0 Å². The Balaban J connectivity index is 1.62. The van der Waals surface area contributed by atoms with Crippen LogP contribution < -0.4 is 5.32 Å². The topological polar surface area (TPSA) is 86.7 Å². The Hall–Kier alpha value is -2.37. The predicted octanol–water partition coefficient (Wildman–Crippen LogP) is 1.71. The molecule has 3 rings (SSSR count). The zero-order valence-electron chi connectivity index (χ0n) is 14.6. The maximum absolute atomic E-state index is 12.5. The molecule has 1 aromatic rings. The monoisotopic (exact) mass is 344 g/mol. The molecule has 1 heterocycles. The van der Waals surface area contributed by atoms with Crippen molar-refractivity contribution in [2.75, 3.05) is 6.54 Å². The van der Waals surface area contributed by atoms with Gasteiger partial charge in [-0.15, -0.1) is 0 Å². The van der Waals surface area contributed by atoms with Crippen LogP contribution in [0.5, 0.6) is 0 Å². The Bertz CT molecular complexity index is 696. The maximum atomic E-state index is 12.5. The van der Waals surface area contributed by atoms with Crippen LogP contribution in [0.4, 0.5) is 0 Å². The quantitative estimate of drug-likeness (QED) is 0.822. The molecule has 1 aliphatic heterocycles. The van der Waals surface area contributed by atoms with Crippen LogP contribution in [0.2, 0.25) is 0 Å². The van der Waals surface area contributed by atoms with Gasteiger partial charge in [0.25, 0.3) is 0 Å². The van der Waals surface area contributed by atoms with Crippen molar-refractivity contribution in [3.63, 3.8) is 0 Å². The van der Waals surface area contributed by atoms with E-state index in [0.717, 1.165) is 24.0 Å². The third-order valence-corrected chi connectivity index (χ3v) is 5.30. The molecule has 25 heavy (non-hydrogen) atoms. The van der Waals surface area contributed by atoms with Crippen LogP contribution in [0.25, 0.3) is 0 Å². The molecule has 0 radical (unpaired) electrons. The highest BCUT2D eigenvalue weighted by molar-refractivity contribution is 5.92. The fraction of sp³-hybridized carbons (Fsp3) is 0.526. The number of amides is 2. The Morgan fingerprint density at radius 2 is 1.92 bits per heavy atom. The van der Waals surface area contributed by atoms with Crippen LogP contribution in [0.3, 0.4) is 0 Å². The van der Waals surface area contributed by atoms with Crippen molar-refractivity contribution in [2.45, 2.75) is 45.2 Å². The molecule has 1 aliphatic carbocycles. The van der Waals surface area contributed by atoms with Crippen LogP contribution in [0, 0.1) is 18.8 Å². The highest BCUT2D eigenvalue weighted by atomic mass is 16.4. The number of benzene rings is 1. The molecule has 0 aromatic heterocycles. The third-order valence-electron chi connectivity index (χ3n) is 5.30. The molecular weight excluding hydrogens is 320 g/mol. The van der Waals surface area contributed by atoms with E-state index in [0.29, 0.717) is 13.1 Å². The molecule has 1 saturated heterocycles. The number of nitrogens with one attached hydrogen (secondary N) is 1. The Morgan fingerprint density at radius 1 is 1.28 bits per heavy atom. The molecule has 6 heteroatoms. The van der Waals surface area contributed by atoms with Gasteiger partial charge in [-0.2, -0.15) is 0 Å². The minimum Gasteiger partial charge on any atom is -0.480 e. The van der Waals surface area contributed by atoms with E-state index in [1.54, 1.807) is 11.8 Å². The van der Waals surface area contributed by atoms with Gasteiger partial charge >= 0.3 is 5.97 Å². The fourth-order valence-corrected chi connectivity index (χ4v) is 3.36. The van der Waals surface area contributed by atoms with Gasteiger partial charge in [0, 0.05) is 19.5 Å². The number of carbonyl (C=O) groups is 3. The van der Waals surface area contributed by atoms with E-state index in [1.165, 1.54) is 0 Å². The number of hydrogen-bond acceptors (Lipinski definition) is 3. The van der Waals surface area contributed by atoms with Crippen molar-refractivity contribution in [1.29, 1.82) is 0 Å². The first kappa shape index (κ1) is 17.5. The van der Waals surface area contributed by atoms with E-state index in [-0.39, 0.29) is 24.2 Å². The van der Waals surface area contributed by atoms with Crippen molar-refractivity contribution in [3.05, 3.63) is 35.4 Å². The number of aryl methyl sites for hydroxylation is 1. The summed E-state index contributed by atoms with van der Waals surface area (Å²) in [6.07, 6.45) is 1.76. The number of carboxylic acids is 1. The predicted molar refractivity (Wildman–Crippen MR) is 91.6 cm³/mol. The second-order valence-corrected chi connectivity index (χ2v) is 7.43. The molecule has 0 bridgehead atoms. The minimum absolute atomic E-state index is 0.0188. The number of hydrogen-bond donors (Lipinski definition) is 2. The zero-order valence-corrected chi connectivity index (χ0v) is 14.6. The number of rotatable bonds is 6. The van der Waals surface area contributed by atoms with Crippen molar-refractivity contribution in [1.82, 2.24) is 10.2 Å². The van der Waals surface area contributed by atoms with Gasteiger partial charge in [0.1, 0.15) is 5.54 Å². The first-order valence-electron chi connectivity index (χ1n) is 8.68. The third kappa shape index (κ3) is 3.67. The standard InChI is InChI=1S/C19H24N2O4/c1-12-3-5-13(6-4-12)10-21-11-14(9-16(21)22)17(23)20-19(2,18(24)25)15-7-8-15/h3-6,14-15H,7-11H2,1-2H3,(H,20,23)(H,24,25). The normalized spacial score (nSPS) is 22.6. The van der Waals surface area contributed by atoms with Crippen LogP contribution in [0.15, 0.2) is 24.3 Å². The number of aliphatic carboxylic acids is 1. The first-order chi connectivity index (χ1) is 11.8. The van der Waals surface area contributed by atoms with Gasteiger partial charge in [-0.05, 0) is 38.2 Å². The summed E-state index contributed by atoms with van der Waals surface area (Å²) >= 11 is 0. The lowest BCUT2D eigenvalue weighted by Crippen LogP contribution is -2.55. The summed E-state index contributed by atoms with van der Waals surface area (Å²) in [5.74, 6) is -1.92. The summed E-state index contributed by atoms with van der Waals surface area (Å²) in [5, 5.41) is 12.2. The first-order valence-corrected chi connectivity index (χ1v) is 8.68. The van der Waals surface area contributed by atoms with Gasteiger partial charge < -0.3 is 15.3 Å². The molecule has 2 unspecified atom stereocenters. The molecular formula is C19H24N2O4. The van der Waals surface area contributed by atoms with Gasteiger partial charge in [-0.1, -0.05) is 29.8 Å². The highest BCUT2D eigenvalue weighted by Crippen LogP contribution is 2.40. The summed E-state index contributed by atoms with van der Waals surface area (Å²) in [5.41, 5.74) is 0.944. The van der Waals surface area contributed by atoms with Crippen LogP contribution in [-0.2, 0) is 20.9 Å². The van der Waals surface area contributed by atoms with E-state index >= 15 is 0 Å². The molecule has 2 amide bonds. The highest BCUT2D eigenvalue weighted by Gasteiger charge is 2.49. The number of carboxylic acid groups (broad SMARTS) is 1. The van der Waals surface area contributed by atoms with E-state index in [9.17, 15) is 19.5 Å². The number of nitrogens with zero attached hydrogens (tertiary/aromatic N) is 1. The number of carbonyl (C=O) groups excluding carboxylic acids is 2. The van der Waals surface area contributed by atoms with Crippen molar-refractivity contribution < 1.29 is 19.5 Å². The summed E-state index contributed by atoms with van der Waals surface area (Å²) in [6.45, 7) is 4.37. The molecule has 6 nitrogen and oxygen atoms in total. The molecule has 1 saturated carbocycles. The second-order valence-electron chi connectivity index (χ2n) is 7.43. The van der Waals surface area contributed by atoms with Crippen LogP contribution >= 0.6 is 0 Å². The molecule has 1 aromatic carbocycles. The SMILES string of the molecule is Cc1ccc(CN2CC(C(=O)NC(C)(C(=O)O)C3CC3)CC2=O)cc1. The summed E-state index contributed by atoms with van der Waals surface area (Å²) in [6, 6.07) is 7.94. The van der Waals surface area contributed by atoms with Crippen molar-refractivity contribution >= 4 is 17.8 Å². The summed E-state index contributed by atoms with van der Waals surface area (Å²) in [4.78, 5) is 38.0. The van der Waals surface area contributed by atoms with E-state index in [4.69, 9.17) is 0 Å². The lowest BCUT2D eigenvalue weighted by atomic mass is 9.94. The van der Waals surface area contributed by atoms with Gasteiger partial charge in [-0.3, -0.25) is 9.59 Å². The summed E-state index contributed by atoms with van der Waals surface area (Å²) < 4.78 is 0. The maximum Gasteiger partial charge on any atom is 0.329 e. The van der Waals surface area contributed by atoms with Gasteiger partial charge in [0.2, 0.25) is 11.8 Å². The lowest BCUT2D eigenvalue weighted by molar-refractivity contribution is -0.148. The van der Waals surface area contributed by atoms with Crippen LogP contribution in [-0.4, -0.2) is 39.9 Å². The number of likely N-dealkylation sites (tertiary alicyclic amines) is 1. The smallest absolute Gasteiger partial charge is 0.329 e. The molecule has 2 atom stereocenters. The molecule has 134 valence electrons. The minimum atomic E-state index is -1.23. The Morgan fingerprint density at radius 3 is 2.48 bits per heavy atom.